The molecule has 1 N–H and O–H groups in total. The lowest BCUT2D eigenvalue weighted by atomic mass is 9.97. The van der Waals surface area contributed by atoms with Crippen molar-refractivity contribution in [2.24, 2.45) is 5.92 Å². The first kappa shape index (κ1) is 13.1. The molecular formula is C16H23NO2. The fourth-order valence-electron chi connectivity index (χ4n) is 3.00. The smallest absolute Gasteiger partial charge is 0.0952 e. The van der Waals surface area contributed by atoms with Crippen LogP contribution in [0.1, 0.15) is 30.1 Å². The predicted molar refractivity (Wildman–Crippen MR) is 75.3 cm³/mol. The van der Waals surface area contributed by atoms with E-state index in [1.54, 1.807) is 0 Å². The van der Waals surface area contributed by atoms with Crippen LogP contribution in [-0.2, 0) is 15.9 Å². The summed E-state index contributed by atoms with van der Waals surface area (Å²) in [6, 6.07) is 8.65. The summed E-state index contributed by atoms with van der Waals surface area (Å²) in [5, 5.41) is 3.54. The average molecular weight is 261 g/mol. The molecule has 2 unspecified atom stereocenters. The molecule has 0 radical (unpaired) electrons. The summed E-state index contributed by atoms with van der Waals surface area (Å²) >= 11 is 0. The highest BCUT2D eigenvalue weighted by Gasteiger charge is 2.20. The minimum atomic E-state index is 0.227. The van der Waals surface area contributed by atoms with Crippen LogP contribution in [0.3, 0.4) is 0 Å². The van der Waals surface area contributed by atoms with Crippen LogP contribution in [0.5, 0.6) is 0 Å². The third-order valence-corrected chi connectivity index (χ3v) is 4.18. The molecule has 0 saturated carbocycles. The molecule has 0 aromatic heterocycles. The SMILES string of the molecule is c1ccc2c(c1)CCOC2CNCCC1CCOC1. The maximum absolute atomic E-state index is 5.89. The molecule has 0 amide bonds. The zero-order valence-corrected chi connectivity index (χ0v) is 11.4. The van der Waals surface area contributed by atoms with Crippen LogP contribution in [-0.4, -0.2) is 32.9 Å². The minimum Gasteiger partial charge on any atom is -0.381 e. The van der Waals surface area contributed by atoms with Crippen LogP contribution in [0.2, 0.25) is 0 Å². The van der Waals surface area contributed by atoms with Crippen LogP contribution in [0.4, 0.5) is 0 Å². The van der Waals surface area contributed by atoms with E-state index in [0.717, 1.165) is 45.2 Å². The summed E-state index contributed by atoms with van der Waals surface area (Å²) in [4.78, 5) is 0. The second-order valence-corrected chi connectivity index (χ2v) is 5.53. The van der Waals surface area contributed by atoms with Gasteiger partial charge in [-0.05, 0) is 42.9 Å². The Kier molecular flexibility index (Phi) is 4.49. The second-order valence-electron chi connectivity index (χ2n) is 5.53. The highest BCUT2D eigenvalue weighted by atomic mass is 16.5. The molecule has 104 valence electrons. The average Bonchev–Trinajstić information content (AvgIpc) is 2.97. The molecule has 19 heavy (non-hydrogen) atoms. The summed E-state index contributed by atoms with van der Waals surface area (Å²) < 4.78 is 11.3. The maximum atomic E-state index is 5.89. The Balaban J connectivity index is 1.45. The molecule has 2 heterocycles. The van der Waals surface area contributed by atoms with E-state index >= 15 is 0 Å². The molecule has 1 saturated heterocycles. The van der Waals surface area contributed by atoms with Crippen molar-refractivity contribution in [1.82, 2.24) is 5.32 Å². The highest BCUT2D eigenvalue weighted by Crippen LogP contribution is 2.26. The van der Waals surface area contributed by atoms with Crippen molar-refractivity contribution in [1.29, 1.82) is 0 Å². The van der Waals surface area contributed by atoms with Gasteiger partial charge >= 0.3 is 0 Å². The Bertz CT molecular complexity index is 401. The first-order valence-electron chi connectivity index (χ1n) is 7.41. The van der Waals surface area contributed by atoms with Gasteiger partial charge in [-0.1, -0.05) is 24.3 Å². The van der Waals surface area contributed by atoms with Crippen LogP contribution >= 0.6 is 0 Å². The Labute approximate surface area is 115 Å². The zero-order chi connectivity index (χ0) is 12.9. The summed E-state index contributed by atoms with van der Waals surface area (Å²) in [6.07, 6.45) is 3.72. The first-order chi connectivity index (χ1) is 9.43. The van der Waals surface area contributed by atoms with Crippen LogP contribution in [0.25, 0.3) is 0 Å². The number of rotatable bonds is 5. The van der Waals surface area contributed by atoms with Crippen molar-refractivity contribution < 1.29 is 9.47 Å². The fourth-order valence-corrected chi connectivity index (χ4v) is 3.00. The zero-order valence-electron chi connectivity index (χ0n) is 11.4. The van der Waals surface area contributed by atoms with Gasteiger partial charge in [0.25, 0.3) is 0 Å². The molecule has 2 atom stereocenters. The molecule has 0 aliphatic carbocycles. The van der Waals surface area contributed by atoms with Gasteiger partial charge in [-0.2, -0.15) is 0 Å². The standard InChI is InChI=1S/C16H23NO2/c1-2-4-15-14(3-1)7-10-19-16(15)11-17-8-5-13-6-9-18-12-13/h1-4,13,16-17H,5-12H2. The summed E-state index contributed by atoms with van der Waals surface area (Å²) in [7, 11) is 0. The topological polar surface area (TPSA) is 30.5 Å². The van der Waals surface area contributed by atoms with Gasteiger partial charge in [0.2, 0.25) is 0 Å². The number of ether oxygens (including phenoxy) is 2. The summed E-state index contributed by atoms with van der Waals surface area (Å²) in [5.74, 6) is 0.757. The van der Waals surface area contributed by atoms with Crippen molar-refractivity contribution >= 4 is 0 Å². The Morgan fingerprint density at radius 3 is 3.05 bits per heavy atom. The quantitative estimate of drug-likeness (QED) is 0.825. The lowest BCUT2D eigenvalue weighted by Crippen LogP contribution is -2.29. The maximum Gasteiger partial charge on any atom is 0.0952 e. The van der Waals surface area contributed by atoms with Gasteiger partial charge in [-0.15, -0.1) is 0 Å². The molecule has 3 heteroatoms. The van der Waals surface area contributed by atoms with Crippen molar-refractivity contribution in [2.75, 3.05) is 32.9 Å². The third kappa shape index (κ3) is 3.35. The first-order valence-corrected chi connectivity index (χ1v) is 7.41. The van der Waals surface area contributed by atoms with Gasteiger partial charge in [-0.25, -0.2) is 0 Å². The molecule has 2 aliphatic rings. The van der Waals surface area contributed by atoms with Gasteiger partial charge in [0.1, 0.15) is 0 Å². The monoisotopic (exact) mass is 261 g/mol. The summed E-state index contributed by atoms with van der Waals surface area (Å²) in [5.41, 5.74) is 2.81. The van der Waals surface area contributed by atoms with Crippen molar-refractivity contribution in [2.45, 2.75) is 25.4 Å². The Morgan fingerprint density at radius 2 is 2.16 bits per heavy atom. The van der Waals surface area contributed by atoms with Crippen molar-refractivity contribution in [3.63, 3.8) is 0 Å². The van der Waals surface area contributed by atoms with Gasteiger partial charge in [0.05, 0.1) is 12.7 Å². The van der Waals surface area contributed by atoms with Gasteiger partial charge in [-0.3, -0.25) is 0 Å². The molecule has 1 aromatic carbocycles. The van der Waals surface area contributed by atoms with E-state index in [9.17, 15) is 0 Å². The largest absolute Gasteiger partial charge is 0.381 e. The van der Waals surface area contributed by atoms with E-state index in [1.807, 2.05) is 0 Å². The number of hydrogen-bond donors (Lipinski definition) is 1. The number of fused-ring (bicyclic) bond motifs is 1. The molecule has 0 spiro atoms. The Hall–Kier alpha value is -0.900. The van der Waals surface area contributed by atoms with Gasteiger partial charge in [0, 0.05) is 19.8 Å². The van der Waals surface area contributed by atoms with E-state index in [2.05, 4.69) is 29.6 Å². The van der Waals surface area contributed by atoms with Crippen LogP contribution in [0, 0.1) is 5.92 Å². The van der Waals surface area contributed by atoms with E-state index < -0.39 is 0 Å². The second kappa shape index (κ2) is 6.51. The van der Waals surface area contributed by atoms with E-state index in [1.165, 1.54) is 24.0 Å². The molecule has 3 nitrogen and oxygen atoms in total. The van der Waals surface area contributed by atoms with Crippen molar-refractivity contribution in [3.8, 4) is 0 Å². The normalized spacial score (nSPS) is 26.3. The molecular weight excluding hydrogens is 238 g/mol. The summed E-state index contributed by atoms with van der Waals surface area (Å²) in [6.45, 7) is 4.73. The molecule has 1 aromatic rings. The van der Waals surface area contributed by atoms with E-state index in [4.69, 9.17) is 9.47 Å². The predicted octanol–water partition coefficient (Wildman–Crippen LogP) is 2.32. The molecule has 3 rings (SSSR count). The Morgan fingerprint density at radius 1 is 1.21 bits per heavy atom. The lowest BCUT2D eigenvalue weighted by Gasteiger charge is -2.26. The van der Waals surface area contributed by atoms with E-state index in [-0.39, 0.29) is 6.10 Å². The van der Waals surface area contributed by atoms with Gasteiger partial charge in [0.15, 0.2) is 0 Å². The molecule has 1 fully saturated rings. The minimum absolute atomic E-state index is 0.227. The van der Waals surface area contributed by atoms with E-state index in [0.29, 0.717) is 0 Å². The van der Waals surface area contributed by atoms with Gasteiger partial charge < -0.3 is 14.8 Å². The van der Waals surface area contributed by atoms with Crippen LogP contribution in [0.15, 0.2) is 24.3 Å². The lowest BCUT2D eigenvalue weighted by molar-refractivity contribution is 0.0424. The number of hydrogen-bond acceptors (Lipinski definition) is 3. The van der Waals surface area contributed by atoms with Crippen LogP contribution < -0.4 is 5.32 Å². The fraction of sp³-hybridized carbons (Fsp3) is 0.625. The van der Waals surface area contributed by atoms with Crippen molar-refractivity contribution in [3.05, 3.63) is 35.4 Å². The molecule has 2 aliphatic heterocycles. The molecule has 0 bridgehead atoms. The number of benzene rings is 1. The number of nitrogens with one attached hydrogen (secondary N) is 1. The highest BCUT2D eigenvalue weighted by molar-refractivity contribution is 5.31. The third-order valence-electron chi connectivity index (χ3n) is 4.18.